The number of hydrogen-bond acceptors (Lipinski definition) is 18. The molecule has 0 bridgehead atoms. The summed E-state index contributed by atoms with van der Waals surface area (Å²) < 4.78 is 18.3. The number of H-pyrrole nitrogens is 1. The Balaban J connectivity index is 0.000000263. The number of aromatic nitrogens is 3. The lowest BCUT2D eigenvalue weighted by Gasteiger charge is -2.14. The number of methoxy groups -OCH3 is 3. The van der Waals surface area contributed by atoms with Crippen molar-refractivity contribution in [2.24, 2.45) is 10.8 Å². The molecule has 89 heavy (non-hydrogen) atoms. The number of hydrogen-bond donors (Lipinski definition) is 11. The molecule has 1 heterocycles. The summed E-state index contributed by atoms with van der Waals surface area (Å²) in [5.74, 6) is 5.69. The molecule has 0 radical (unpaired) electrons. The number of nitrogens with two attached hydrogens (primary N) is 1. The molecule has 0 aliphatic heterocycles. The summed E-state index contributed by atoms with van der Waals surface area (Å²) >= 11 is 10.1. The number of ketones is 1. The molecular formula is C66H73N8O12PS2. The Labute approximate surface area is 528 Å². The number of isothiocyanates is 1. The lowest BCUT2D eigenvalue weighted by atomic mass is 9.99. The van der Waals surface area contributed by atoms with Gasteiger partial charge in [0.05, 0.1) is 61.1 Å². The number of nitrogen functional groups attached to an aromatic ring is 1. The number of phenolic OH excluding ortho intramolecular Hbond substituents is 6. The third kappa shape index (κ3) is 16.6. The Hall–Kier alpha value is -9.92. The van der Waals surface area contributed by atoms with Gasteiger partial charge in [-0.25, -0.2) is 5.84 Å². The second-order valence-corrected chi connectivity index (χ2v) is 19.5. The number of ether oxygens (including phenoxy) is 3. The van der Waals surface area contributed by atoms with Crippen LogP contribution in [-0.2, 0) is 30.5 Å². The molecule has 2 amide bonds. The maximum absolute atomic E-state index is 12.5. The maximum atomic E-state index is 12.5. The number of hydrazine groups is 1. The fourth-order valence-electron chi connectivity index (χ4n) is 9.46. The van der Waals surface area contributed by atoms with E-state index >= 15 is 0 Å². The molecule has 0 saturated heterocycles. The van der Waals surface area contributed by atoms with E-state index in [9.17, 15) is 45.0 Å². The van der Waals surface area contributed by atoms with Crippen LogP contribution in [0.4, 0.5) is 5.69 Å². The van der Waals surface area contributed by atoms with E-state index in [4.69, 9.17) is 32.3 Å². The summed E-state index contributed by atoms with van der Waals surface area (Å²) in [4.78, 5) is 40.0. The minimum atomic E-state index is -0.586. The highest BCUT2D eigenvalue weighted by molar-refractivity contribution is 7.78. The first-order chi connectivity index (χ1) is 41.4. The highest BCUT2D eigenvalue weighted by Crippen LogP contribution is 2.39. The van der Waals surface area contributed by atoms with E-state index in [2.05, 4.69) is 37.9 Å². The Morgan fingerprint density at radius 2 is 1.02 bits per heavy atom. The molecular weight excluding hydrogens is 1190 g/mol. The van der Waals surface area contributed by atoms with Gasteiger partial charge >= 0.3 is 0 Å². The number of nitrogens with one attached hydrogen (secondary N) is 3. The third-order valence-electron chi connectivity index (χ3n) is 13.9. The van der Waals surface area contributed by atoms with Gasteiger partial charge < -0.3 is 56.3 Å². The van der Waals surface area contributed by atoms with Crippen LogP contribution in [-0.4, -0.2) is 96.0 Å². The minimum absolute atomic E-state index is 0. The predicted octanol–water partition coefficient (Wildman–Crippen LogP) is 12.8. The number of carbonyl (C=O) groups is 3. The first-order valence-corrected chi connectivity index (χ1v) is 27.6. The zero-order valence-electron chi connectivity index (χ0n) is 49.2. The Morgan fingerprint density at radius 3 is 1.53 bits per heavy atom. The zero-order valence-corrected chi connectivity index (χ0v) is 52.2. The normalized spacial score (nSPS) is 10.1. The second-order valence-electron chi connectivity index (χ2n) is 19.0. The number of aromatic hydroxyl groups is 6. The molecule has 14 N–H and O–H groups in total. The van der Waals surface area contributed by atoms with Crippen molar-refractivity contribution in [1.29, 1.82) is 0 Å². The number of aromatic amines is 1. The molecule has 1 aromatic heterocycles. The lowest BCUT2D eigenvalue weighted by molar-refractivity contribution is -0.117. The summed E-state index contributed by atoms with van der Waals surface area (Å²) in [7, 11) is 4.89. The quantitative estimate of drug-likeness (QED) is 0.0113. The van der Waals surface area contributed by atoms with Crippen LogP contribution in [0.25, 0.3) is 49.4 Å². The van der Waals surface area contributed by atoms with Crippen LogP contribution in [0.15, 0.2) is 151 Å². The number of rotatable bonds is 15. The monoisotopic (exact) mass is 1260 g/mol. The fourth-order valence-corrected chi connectivity index (χ4v) is 9.79. The van der Waals surface area contributed by atoms with Crippen LogP contribution in [0, 0.1) is 4.77 Å². The Morgan fingerprint density at radius 1 is 0.584 bits per heavy atom. The molecule has 0 fully saturated rings. The summed E-state index contributed by atoms with van der Waals surface area (Å²) in [6.45, 7) is 5.43. The first kappa shape index (κ1) is 71.6. The van der Waals surface area contributed by atoms with Gasteiger partial charge in [0.2, 0.25) is 0 Å². The summed E-state index contributed by atoms with van der Waals surface area (Å²) in [6, 6.07) is 42.8. The SMILES string of the molecule is C.CCc1cc(-c2n[nH]c(=S)n2-c2ccc(OC)c3ccccc23)c(O)cc1O.CCc1cc(C(=O)NCC(=O)Cc2ccc(OC)c3ccccc23)c(O)cc1O.CCc1cc(C(=O)NN)c(O)cc1O.COc1ccc(N=C=S)c2ccccc12.N.P. The van der Waals surface area contributed by atoms with Crippen LogP contribution in [0.1, 0.15) is 71.2 Å². The highest BCUT2D eigenvalue weighted by Gasteiger charge is 2.21. The Kier molecular flexibility index (Phi) is 26.8. The predicted molar refractivity (Wildman–Crippen MR) is 360 cm³/mol. The van der Waals surface area contributed by atoms with Crippen LogP contribution in [0.3, 0.4) is 0 Å². The molecule has 23 heteroatoms. The molecule has 0 saturated carbocycles. The van der Waals surface area contributed by atoms with Crippen molar-refractivity contribution in [3.05, 3.63) is 184 Å². The van der Waals surface area contributed by atoms with Gasteiger partial charge in [0.15, 0.2) is 16.4 Å². The van der Waals surface area contributed by atoms with Crippen LogP contribution in [0.5, 0.6) is 51.7 Å². The van der Waals surface area contributed by atoms with E-state index in [1.165, 1.54) is 18.2 Å². The number of benzene rings is 9. The number of fused-ring (bicyclic) bond motifs is 3. The maximum Gasteiger partial charge on any atom is 0.268 e. The second kappa shape index (κ2) is 33.3. The molecule has 10 rings (SSSR count). The van der Waals surface area contributed by atoms with Crippen LogP contribution in [0.2, 0.25) is 0 Å². The van der Waals surface area contributed by atoms with Crippen molar-refractivity contribution in [2.75, 3.05) is 27.9 Å². The molecule has 9 aromatic carbocycles. The Bertz CT molecular complexity index is 4270. The van der Waals surface area contributed by atoms with E-state index < -0.39 is 11.8 Å². The van der Waals surface area contributed by atoms with Gasteiger partial charge in [-0.1, -0.05) is 107 Å². The smallest absolute Gasteiger partial charge is 0.268 e. The van der Waals surface area contributed by atoms with Gasteiger partial charge in [0, 0.05) is 51.6 Å². The van der Waals surface area contributed by atoms with E-state index in [1.807, 2.05) is 135 Å². The summed E-state index contributed by atoms with van der Waals surface area (Å²) in [5, 5.41) is 76.7. The standard InChI is InChI=1S/C23H23NO5.C21H19N3O3S.C12H9NOS.C9H12N2O3.CH4.H3N.H3P/c1-3-14-11-19(21(27)12-20(14)26)23(28)24-13-16(25)10-15-8-9-22(29-2)18-7-5-4-6-17(15)18;1-3-12-10-15(18(26)11-17(12)25)20-22-23-21(28)24(20)16-8-9-19(27-2)14-7-5-4-6-13(14)16;1-14-12-7-6-11(13-8-15)9-4-2-3-5-10(9)12;1-2-5-3-6(9(14)11-10)8(13)4-7(5)12;;;/h4-9,11-12,26-27H,3,10,13H2,1-2H3,(H,24,28);4-11,25-26H,3H2,1-2H3,(H,23,28);2-7H,1H3;3-4,12-13H,2,10H2,1H3,(H,11,14);1H4;2*1H3. The molecule has 1 atom stereocenters. The number of carbonyl (C=O) groups excluding carboxylic acids is 3. The van der Waals surface area contributed by atoms with Crippen LogP contribution >= 0.6 is 34.3 Å². The first-order valence-electron chi connectivity index (χ1n) is 26.8. The number of aliphatic imine (C=N–C) groups is 1. The fraction of sp³-hybridized carbons (Fsp3) is 0.182. The zero-order chi connectivity index (χ0) is 62.2. The van der Waals surface area contributed by atoms with E-state index in [0.717, 1.165) is 78.6 Å². The van der Waals surface area contributed by atoms with Gasteiger partial charge in [-0.15, -0.1) is 0 Å². The van der Waals surface area contributed by atoms with Crippen molar-refractivity contribution in [3.8, 4) is 68.8 Å². The average Bonchev–Trinajstić information content (AvgIpc) is 1.85. The van der Waals surface area contributed by atoms with Gasteiger partial charge in [0.1, 0.15) is 51.7 Å². The number of amides is 2. The number of aryl methyl sites for hydroxylation is 3. The van der Waals surface area contributed by atoms with E-state index in [-0.39, 0.29) is 87.8 Å². The van der Waals surface area contributed by atoms with Crippen molar-refractivity contribution in [3.63, 3.8) is 0 Å². The van der Waals surface area contributed by atoms with Gasteiger partial charge in [0.25, 0.3) is 11.8 Å². The molecule has 0 spiro atoms. The molecule has 1 unspecified atom stereocenters. The lowest BCUT2D eigenvalue weighted by Crippen LogP contribution is -2.30. The van der Waals surface area contributed by atoms with Crippen molar-refractivity contribution >= 4 is 95.1 Å². The number of thiocarbonyl (C=S) groups is 1. The minimum Gasteiger partial charge on any atom is -0.508 e. The summed E-state index contributed by atoms with van der Waals surface area (Å²) in [5.41, 5.74) is 6.82. The number of phenols is 6. The van der Waals surface area contributed by atoms with Gasteiger partial charge in [-0.05, 0) is 120 Å². The molecule has 10 aromatic rings. The average molecular weight is 1270 g/mol. The number of nitrogens with zero attached hydrogens (tertiary/aromatic N) is 3. The van der Waals surface area contributed by atoms with Crippen molar-refractivity contribution in [2.45, 2.75) is 53.9 Å². The highest BCUT2D eigenvalue weighted by atomic mass is 32.1. The van der Waals surface area contributed by atoms with Crippen molar-refractivity contribution < 1.29 is 59.2 Å². The number of Topliss-reactive ketones (excluding diaryl/α,β-unsaturated/α-hetero) is 1. The van der Waals surface area contributed by atoms with E-state index in [0.29, 0.717) is 52.1 Å². The topological polar surface area (TPSA) is 331 Å². The van der Waals surface area contributed by atoms with Crippen LogP contribution < -0.4 is 36.9 Å². The largest absolute Gasteiger partial charge is 0.508 e. The van der Waals surface area contributed by atoms with Gasteiger partial charge in [-0.3, -0.25) is 29.5 Å². The molecule has 0 aliphatic carbocycles. The van der Waals surface area contributed by atoms with Gasteiger partial charge in [-0.2, -0.15) is 20.0 Å². The molecule has 0 aliphatic rings. The summed E-state index contributed by atoms with van der Waals surface area (Å²) in [6.07, 6.45) is 1.86. The molecule has 20 nitrogen and oxygen atoms in total. The van der Waals surface area contributed by atoms with Crippen molar-refractivity contribution in [1.82, 2.24) is 31.7 Å². The van der Waals surface area contributed by atoms with E-state index in [1.54, 1.807) is 32.0 Å². The molecule has 466 valence electrons. The third-order valence-corrected chi connectivity index (χ3v) is 14.2.